The van der Waals surface area contributed by atoms with Gasteiger partial charge in [0.25, 0.3) is 0 Å². The minimum absolute atomic E-state index is 0.0148. The van der Waals surface area contributed by atoms with E-state index < -0.39 is 16.9 Å². The molecule has 0 aliphatic carbocycles. The van der Waals surface area contributed by atoms with Gasteiger partial charge >= 0.3 is 11.8 Å². The molecule has 0 amide bonds. The quantitative estimate of drug-likeness (QED) is 0.621. The molecular weight excluding hydrogens is 214 g/mol. The number of hydrogen-bond acceptors (Lipinski definition) is 4. The Morgan fingerprint density at radius 2 is 2.12 bits per heavy atom. The van der Waals surface area contributed by atoms with Gasteiger partial charge in [-0.15, -0.1) is 4.68 Å². The fourth-order valence-electron chi connectivity index (χ4n) is 1.21. The average Bonchev–Trinajstić information content (AvgIpc) is 2.60. The summed E-state index contributed by atoms with van der Waals surface area (Å²) in [7, 11) is 0. The summed E-state index contributed by atoms with van der Waals surface area (Å²) < 4.78 is 0.928. The van der Waals surface area contributed by atoms with E-state index in [9.17, 15) is 14.9 Å². The molecule has 1 aromatic heterocycles. The lowest BCUT2D eigenvalue weighted by atomic mass is 10.1. The van der Waals surface area contributed by atoms with Crippen molar-refractivity contribution in [2.24, 2.45) is 0 Å². The summed E-state index contributed by atoms with van der Waals surface area (Å²) in [4.78, 5) is 20.9. The fourth-order valence-corrected chi connectivity index (χ4v) is 1.21. The van der Waals surface area contributed by atoms with Crippen LogP contribution in [0.15, 0.2) is 6.07 Å². The number of nitro groups is 1. The maximum absolute atomic E-state index is 10.8. The van der Waals surface area contributed by atoms with Gasteiger partial charge in [-0.25, -0.2) is 4.79 Å². The van der Waals surface area contributed by atoms with Gasteiger partial charge in [-0.3, -0.25) is 0 Å². The summed E-state index contributed by atoms with van der Waals surface area (Å²) in [5, 5.41) is 23.5. The highest BCUT2D eigenvalue weighted by Gasteiger charge is 2.28. The second-order valence-corrected chi connectivity index (χ2v) is 3.80. The van der Waals surface area contributed by atoms with E-state index in [-0.39, 0.29) is 11.7 Å². The average molecular weight is 227 g/mol. The van der Waals surface area contributed by atoms with E-state index >= 15 is 0 Å². The Morgan fingerprint density at radius 1 is 1.56 bits per heavy atom. The molecule has 0 aliphatic heterocycles. The highest BCUT2D eigenvalue weighted by atomic mass is 16.6. The minimum Gasteiger partial charge on any atom is -0.478 e. The van der Waals surface area contributed by atoms with E-state index in [1.54, 1.807) is 0 Å². The molecule has 16 heavy (non-hydrogen) atoms. The molecule has 0 saturated heterocycles. The maximum Gasteiger partial charge on any atom is 0.351 e. The van der Waals surface area contributed by atoms with Crippen molar-refractivity contribution >= 4 is 11.8 Å². The third-order valence-corrected chi connectivity index (χ3v) is 2.24. The largest absolute Gasteiger partial charge is 0.478 e. The first-order valence-corrected chi connectivity index (χ1v) is 4.81. The molecule has 0 bridgehead atoms. The molecule has 7 nitrogen and oxygen atoms in total. The fraction of sp³-hybridized carbons (Fsp3) is 0.556. The van der Waals surface area contributed by atoms with Crippen LogP contribution in [-0.4, -0.2) is 25.8 Å². The Bertz CT molecular complexity index is 424. The van der Waals surface area contributed by atoms with Gasteiger partial charge in [0.2, 0.25) is 6.04 Å². The van der Waals surface area contributed by atoms with Crippen molar-refractivity contribution in [3.63, 3.8) is 0 Å². The summed E-state index contributed by atoms with van der Waals surface area (Å²) in [6.45, 7) is 5.02. The molecule has 1 atom stereocenters. The highest BCUT2D eigenvalue weighted by molar-refractivity contribution is 5.71. The number of rotatable bonds is 4. The molecule has 0 saturated carbocycles. The number of carbonyl (C=O) groups is 1. The second kappa shape index (κ2) is 4.30. The predicted molar refractivity (Wildman–Crippen MR) is 55.3 cm³/mol. The molecular formula is C9H13N3O4. The van der Waals surface area contributed by atoms with Crippen molar-refractivity contribution in [2.75, 3.05) is 0 Å². The zero-order chi connectivity index (χ0) is 12.5. The maximum atomic E-state index is 10.8. The van der Waals surface area contributed by atoms with Gasteiger partial charge < -0.3 is 15.2 Å². The molecule has 1 heterocycles. The Hall–Kier alpha value is -1.92. The number of aliphatic carboxylic acids is 1. The third kappa shape index (κ3) is 2.18. The van der Waals surface area contributed by atoms with Crippen LogP contribution in [0, 0.1) is 10.1 Å². The molecule has 88 valence electrons. The second-order valence-electron chi connectivity index (χ2n) is 3.80. The lowest BCUT2D eigenvalue weighted by Gasteiger charge is -2.02. The van der Waals surface area contributed by atoms with E-state index in [2.05, 4.69) is 5.10 Å². The van der Waals surface area contributed by atoms with Crippen molar-refractivity contribution in [1.82, 2.24) is 9.78 Å². The Balaban J connectivity index is 3.25. The van der Waals surface area contributed by atoms with Gasteiger partial charge in [0.05, 0.1) is 11.8 Å². The van der Waals surface area contributed by atoms with Gasteiger partial charge in [0, 0.05) is 0 Å². The first-order valence-electron chi connectivity index (χ1n) is 4.81. The number of nitrogens with zero attached hydrogens (tertiary/aromatic N) is 3. The predicted octanol–water partition coefficient (Wildman–Crippen LogP) is 1.56. The van der Waals surface area contributed by atoms with Crippen LogP contribution in [0.2, 0.25) is 0 Å². The SMILES string of the molecule is CC(C)c1cc([N+](=O)[O-])n(C(C)C(=O)O)n1. The van der Waals surface area contributed by atoms with Gasteiger partial charge in [-0.05, 0) is 17.8 Å². The lowest BCUT2D eigenvalue weighted by Crippen LogP contribution is -2.18. The monoisotopic (exact) mass is 227 g/mol. The van der Waals surface area contributed by atoms with E-state index in [0.717, 1.165) is 4.68 Å². The molecule has 1 rings (SSSR count). The first-order chi connectivity index (χ1) is 7.34. The molecule has 1 N–H and O–H groups in total. The van der Waals surface area contributed by atoms with Crippen molar-refractivity contribution < 1.29 is 14.8 Å². The molecule has 1 unspecified atom stereocenters. The van der Waals surface area contributed by atoms with Crippen LogP contribution in [0.1, 0.15) is 38.4 Å². The van der Waals surface area contributed by atoms with Crippen molar-refractivity contribution in [2.45, 2.75) is 32.7 Å². The molecule has 0 aromatic carbocycles. The summed E-state index contributed by atoms with van der Waals surface area (Å²) in [5.41, 5.74) is 0.514. The van der Waals surface area contributed by atoms with Gasteiger partial charge in [-0.1, -0.05) is 18.9 Å². The topological polar surface area (TPSA) is 98.3 Å². The van der Waals surface area contributed by atoms with Crippen LogP contribution in [-0.2, 0) is 4.79 Å². The number of carboxylic acids is 1. The molecule has 0 radical (unpaired) electrons. The van der Waals surface area contributed by atoms with Crippen LogP contribution in [0.25, 0.3) is 0 Å². The Morgan fingerprint density at radius 3 is 2.50 bits per heavy atom. The van der Waals surface area contributed by atoms with E-state index in [1.165, 1.54) is 13.0 Å². The smallest absolute Gasteiger partial charge is 0.351 e. The number of aromatic nitrogens is 2. The van der Waals surface area contributed by atoms with Crippen LogP contribution in [0.5, 0.6) is 0 Å². The summed E-state index contributed by atoms with van der Waals surface area (Å²) >= 11 is 0. The zero-order valence-corrected chi connectivity index (χ0v) is 9.25. The van der Waals surface area contributed by atoms with Crippen molar-refractivity contribution in [1.29, 1.82) is 0 Å². The molecule has 0 spiro atoms. The first kappa shape index (κ1) is 12.2. The number of carboxylic acid groups (broad SMARTS) is 1. The minimum atomic E-state index is -1.15. The van der Waals surface area contributed by atoms with Crippen LogP contribution in [0.3, 0.4) is 0 Å². The van der Waals surface area contributed by atoms with Crippen molar-refractivity contribution in [3.8, 4) is 0 Å². The van der Waals surface area contributed by atoms with E-state index in [1.807, 2.05) is 13.8 Å². The molecule has 0 fully saturated rings. The van der Waals surface area contributed by atoms with Gasteiger partial charge in [-0.2, -0.15) is 0 Å². The highest BCUT2D eigenvalue weighted by Crippen LogP contribution is 2.23. The summed E-state index contributed by atoms with van der Waals surface area (Å²) in [5.74, 6) is -1.43. The number of hydrogen-bond donors (Lipinski definition) is 1. The van der Waals surface area contributed by atoms with Crippen LogP contribution < -0.4 is 0 Å². The summed E-state index contributed by atoms with van der Waals surface area (Å²) in [6.07, 6.45) is 0. The van der Waals surface area contributed by atoms with Crippen LogP contribution in [0.4, 0.5) is 5.82 Å². The zero-order valence-electron chi connectivity index (χ0n) is 9.25. The van der Waals surface area contributed by atoms with Gasteiger partial charge in [0.1, 0.15) is 0 Å². The molecule has 1 aromatic rings. The van der Waals surface area contributed by atoms with Crippen LogP contribution >= 0.6 is 0 Å². The third-order valence-electron chi connectivity index (χ3n) is 2.24. The molecule has 7 heteroatoms. The van der Waals surface area contributed by atoms with E-state index in [4.69, 9.17) is 5.11 Å². The van der Waals surface area contributed by atoms with Crippen molar-refractivity contribution in [3.05, 3.63) is 21.9 Å². The summed E-state index contributed by atoms with van der Waals surface area (Å²) in [6, 6.07) is 0.261. The normalized spacial score (nSPS) is 12.8. The van der Waals surface area contributed by atoms with E-state index in [0.29, 0.717) is 5.69 Å². The Kier molecular flexibility index (Phi) is 3.26. The Labute approximate surface area is 91.8 Å². The lowest BCUT2D eigenvalue weighted by molar-refractivity contribution is -0.393. The standard InChI is InChI=1S/C9H13N3O4/c1-5(2)7-4-8(12(15)16)11(10-7)6(3)9(13)14/h4-6H,1-3H3,(H,13,14). The molecule has 0 aliphatic rings. The van der Waals surface area contributed by atoms with Gasteiger partial charge in [0.15, 0.2) is 0 Å².